The highest BCUT2D eigenvalue weighted by Crippen LogP contribution is 2.19. The van der Waals surface area contributed by atoms with Crippen LogP contribution in [0.15, 0.2) is 51.7 Å². The zero-order chi connectivity index (χ0) is 18.8. The molecule has 0 spiro atoms. The minimum atomic E-state index is -0.480. The Hall–Kier alpha value is -3.82. The number of nitrogens with zero attached hydrogens (tertiary/aromatic N) is 5. The van der Waals surface area contributed by atoms with Gasteiger partial charge in [0.05, 0.1) is 18.4 Å². The summed E-state index contributed by atoms with van der Waals surface area (Å²) in [7, 11) is 0. The van der Waals surface area contributed by atoms with Crippen LogP contribution in [0.2, 0.25) is 0 Å². The van der Waals surface area contributed by atoms with Crippen molar-refractivity contribution < 1.29 is 18.1 Å². The molecule has 10 heteroatoms. The fraction of sp³-hybridized carbons (Fsp3) is 0.118. The second-order valence-electron chi connectivity index (χ2n) is 5.71. The lowest BCUT2D eigenvalue weighted by atomic mass is 10.2. The summed E-state index contributed by atoms with van der Waals surface area (Å²) in [5.74, 6) is -0.0828. The fourth-order valence-electron chi connectivity index (χ4n) is 2.41. The number of nitrogens with one attached hydrogen (secondary N) is 1. The molecule has 27 heavy (non-hydrogen) atoms. The number of hydrogen-bond donors (Lipinski definition) is 1. The van der Waals surface area contributed by atoms with Crippen molar-refractivity contribution in [3.8, 4) is 11.7 Å². The van der Waals surface area contributed by atoms with Gasteiger partial charge in [-0.05, 0) is 17.7 Å². The topological polar surface area (TPSA) is 112 Å². The summed E-state index contributed by atoms with van der Waals surface area (Å²) in [6.45, 7) is 2.01. The molecule has 3 aromatic heterocycles. The number of hydrogen-bond acceptors (Lipinski definition) is 7. The van der Waals surface area contributed by atoms with Crippen LogP contribution in [-0.2, 0) is 6.54 Å². The number of anilines is 1. The minimum Gasteiger partial charge on any atom is -0.418 e. The molecule has 1 amide bonds. The number of rotatable bonds is 5. The molecule has 0 unspecified atom stereocenters. The molecule has 0 saturated carbocycles. The highest BCUT2D eigenvalue weighted by Gasteiger charge is 2.18. The number of halogens is 1. The highest BCUT2D eigenvalue weighted by molar-refractivity contribution is 6.03. The molecule has 0 aliphatic rings. The van der Waals surface area contributed by atoms with E-state index in [1.165, 1.54) is 24.4 Å². The van der Waals surface area contributed by atoms with Crippen molar-refractivity contribution >= 4 is 11.6 Å². The number of aryl methyl sites for hydroxylation is 1. The average Bonchev–Trinajstić information content (AvgIpc) is 3.36. The highest BCUT2D eigenvalue weighted by atomic mass is 19.1. The van der Waals surface area contributed by atoms with Gasteiger partial charge in [-0.15, -0.1) is 10.2 Å². The summed E-state index contributed by atoms with van der Waals surface area (Å²) in [6.07, 6.45) is 3.12. The van der Waals surface area contributed by atoms with E-state index in [9.17, 15) is 9.18 Å². The Balaban J connectivity index is 1.43. The van der Waals surface area contributed by atoms with Gasteiger partial charge in [0.2, 0.25) is 11.7 Å². The van der Waals surface area contributed by atoms with Crippen LogP contribution in [0.4, 0.5) is 10.1 Å². The van der Waals surface area contributed by atoms with Crippen LogP contribution in [0.1, 0.15) is 21.9 Å². The van der Waals surface area contributed by atoms with Crippen molar-refractivity contribution in [3.63, 3.8) is 0 Å². The average molecular weight is 368 g/mol. The van der Waals surface area contributed by atoms with E-state index in [1.807, 2.05) is 0 Å². The molecule has 1 N–H and O–H groups in total. The smallest absolute Gasteiger partial charge is 0.286 e. The summed E-state index contributed by atoms with van der Waals surface area (Å²) in [5.41, 5.74) is 1.28. The second kappa shape index (κ2) is 6.83. The number of carbonyl (C=O) groups is 1. The summed E-state index contributed by atoms with van der Waals surface area (Å²) < 4.78 is 25.1. The summed E-state index contributed by atoms with van der Waals surface area (Å²) in [4.78, 5) is 12.3. The molecule has 0 bridgehead atoms. The molecular weight excluding hydrogens is 355 g/mol. The quantitative estimate of drug-likeness (QED) is 0.576. The third-order valence-corrected chi connectivity index (χ3v) is 3.60. The van der Waals surface area contributed by atoms with Crippen molar-refractivity contribution in [3.05, 3.63) is 65.7 Å². The molecule has 1 aromatic carbocycles. The van der Waals surface area contributed by atoms with Gasteiger partial charge in [-0.25, -0.2) is 4.39 Å². The van der Waals surface area contributed by atoms with Crippen molar-refractivity contribution in [2.75, 3.05) is 5.32 Å². The summed E-state index contributed by atoms with van der Waals surface area (Å²) in [5, 5.41) is 18.0. The van der Waals surface area contributed by atoms with Crippen molar-refractivity contribution in [2.45, 2.75) is 13.5 Å². The number of benzene rings is 1. The Kier molecular flexibility index (Phi) is 4.21. The van der Waals surface area contributed by atoms with Crippen LogP contribution >= 0.6 is 0 Å². The Bertz CT molecular complexity index is 1100. The third kappa shape index (κ3) is 3.73. The van der Waals surface area contributed by atoms with E-state index in [2.05, 4.69) is 25.8 Å². The SMILES string of the molecule is Cc1nnc(-c2cc(C(=O)Nc3cnn(Cc4cccc(F)c4)c3)no2)o1. The zero-order valence-corrected chi connectivity index (χ0v) is 14.1. The molecule has 0 fully saturated rings. The van der Waals surface area contributed by atoms with Gasteiger partial charge in [-0.2, -0.15) is 5.10 Å². The lowest BCUT2D eigenvalue weighted by Crippen LogP contribution is -2.11. The minimum absolute atomic E-state index is 0.0544. The molecule has 0 radical (unpaired) electrons. The Labute approximate surface area is 151 Å². The normalized spacial score (nSPS) is 10.9. The van der Waals surface area contributed by atoms with E-state index in [1.54, 1.807) is 29.9 Å². The molecule has 136 valence electrons. The Morgan fingerprint density at radius 1 is 1.30 bits per heavy atom. The lowest BCUT2D eigenvalue weighted by Gasteiger charge is -2.01. The van der Waals surface area contributed by atoms with Crippen LogP contribution in [0.25, 0.3) is 11.7 Å². The molecule has 4 aromatic rings. The summed E-state index contributed by atoms with van der Waals surface area (Å²) >= 11 is 0. The lowest BCUT2D eigenvalue weighted by molar-refractivity contribution is 0.101. The van der Waals surface area contributed by atoms with Crippen molar-refractivity contribution in [1.29, 1.82) is 0 Å². The first-order valence-corrected chi connectivity index (χ1v) is 7.92. The zero-order valence-electron chi connectivity index (χ0n) is 14.1. The second-order valence-corrected chi connectivity index (χ2v) is 5.71. The van der Waals surface area contributed by atoms with Crippen molar-refractivity contribution in [2.24, 2.45) is 0 Å². The van der Waals surface area contributed by atoms with E-state index < -0.39 is 5.91 Å². The maximum absolute atomic E-state index is 13.2. The number of aromatic nitrogens is 5. The molecule has 9 nitrogen and oxygen atoms in total. The predicted octanol–water partition coefficient (Wildman–Crippen LogP) is 2.67. The van der Waals surface area contributed by atoms with Gasteiger partial charge in [0.25, 0.3) is 11.8 Å². The van der Waals surface area contributed by atoms with Crippen LogP contribution < -0.4 is 5.32 Å². The van der Waals surface area contributed by atoms with Gasteiger partial charge in [0.1, 0.15) is 5.82 Å². The first-order chi connectivity index (χ1) is 13.1. The van der Waals surface area contributed by atoms with E-state index in [0.717, 1.165) is 5.56 Å². The first-order valence-electron chi connectivity index (χ1n) is 7.92. The molecular formula is C17H13FN6O3. The molecule has 0 aliphatic carbocycles. The van der Waals surface area contributed by atoms with Crippen LogP contribution in [-0.4, -0.2) is 31.0 Å². The largest absolute Gasteiger partial charge is 0.418 e. The van der Waals surface area contributed by atoms with Crippen molar-refractivity contribution in [1.82, 2.24) is 25.1 Å². The monoisotopic (exact) mass is 368 g/mol. The third-order valence-electron chi connectivity index (χ3n) is 3.60. The molecule has 0 aliphatic heterocycles. The predicted molar refractivity (Wildman–Crippen MR) is 90.2 cm³/mol. The maximum atomic E-state index is 13.2. The van der Waals surface area contributed by atoms with Gasteiger partial charge < -0.3 is 14.3 Å². The van der Waals surface area contributed by atoms with E-state index >= 15 is 0 Å². The fourth-order valence-corrected chi connectivity index (χ4v) is 2.41. The molecule has 0 saturated heterocycles. The van der Waals surface area contributed by atoms with E-state index in [0.29, 0.717) is 18.1 Å². The van der Waals surface area contributed by atoms with Crippen LogP contribution in [0, 0.1) is 12.7 Å². The van der Waals surface area contributed by atoms with E-state index in [4.69, 9.17) is 8.94 Å². The molecule has 4 rings (SSSR count). The number of amides is 1. The van der Waals surface area contributed by atoms with Gasteiger partial charge in [-0.1, -0.05) is 17.3 Å². The van der Waals surface area contributed by atoms with Gasteiger partial charge in [-0.3, -0.25) is 9.48 Å². The van der Waals surface area contributed by atoms with Gasteiger partial charge >= 0.3 is 0 Å². The van der Waals surface area contributed by atoms with Crippen LogP contribution in [0.5, 0.6) is 0 Å². The molecule has 3 heterocycles. The Morgan fingerprint density at radius 3 is 2.96 bits per heavy atom. The summed E-state index contributed by atoms with van der Waals surface area (Å²) in [6, 6.07) is 7.62. The van der Waals surface area contributed by atoms with Crippen LogP contribution in [0.3, 0.4) is 0 Å². The Morgan fingerprint density at radius 2 is 2.19 bits per heavy atom. The number of carbonyl (C=O) groups excluding carboxylic acids is 1. The van der Waals surface area contributed by atoms with E-state index in [-0.39, 0.29) is 23.2 Å². The maximum Gasteiger partial charge on any atom is 0.286 e. The standard InChI is InChI=1S/C17H13FN6O3/c1-10-21-22-17(26-10)15-6-14(23-27-15)16(25)20-13-7-19-24(9-13)8-11-3-2-4-12(18)5-11/h2-7,9H,8H2,1H3,(H,20,25). The molecule has 0 atom stereocenters. The van der Waals surface area contributed by atoms with Gasteiger partial charge in [0, 0.05) is 19.2 Å². The van der Waals surface area contributed by atoms with Gasteiger partial charge in [0.15, 0.2) is 5.69 Å². The first kappa shape index (κ1) is 16.6.